The molecule has 0 atom stereocenters. The number of hydrogen-bond acceptors (Lipinski definition) is 5. The molecule has 1 N–H and O–H groups in total. The smallest absolute Gasteiger partial charge is 0.262 e. The number of nitrogens with zero attached hydrogens (tertiary/aromatic N) is 3. The fraction of sp³-hybridized carbons (Fsp3) is 0.375. The second-order valence-corrected chi connectivity index (χ2v) is 10.2. The van der Waals surface area contributed by atoms with E-state index in [0.29, 0.717) is 16.8 Å². The number of carbonyl (C=O) groups is 1. The number of nitriles is 2. The molecule has 0 aromatic heterocycles. The first-order chi connectivity index (χ1) is 15.0. The molecule has 0 aliphatic rings. The molecule has 0 fully saturated rings. The van der Waals surface area contributed by atoms with Crippen LogP contribution >= 0.6 is 0 Å². The lowest BCUT2D eigenvalue weighted by Gasteiger charge is -2.21. The summed E-state index contributed by atoms with van der Waals surface area (Å²) in [6.45, 7) is 8.28. The van der Waals surface area contributed by atoms with E-state index in [1.807, 2.05) is 39.0 Å². The van der Waals surface area contributed by atoms with E-state index < -0.39 is 10.0 Å². The monoisotopic (exact) mass is 452 g/mol. The van der Waals surface area contributed by atoms with E-state index in [2.05, 4.69) is 4.72 Å². The highest BCUT2D eigenvalue weighted by atomic mass is 32.2. The molecule has 7 nitrogen and oxygen atoms in total. The Morgan fingerprint density at radius 3 is 2.06 bits per heavy atom. The van der Waals surface area contributed by atoms with E-state index in [1.165, 1.54) is 29.2 Å². The third kappa shape index (κ3) is 6.32. The number of amides is 1. The molecule has 168 valence electrons. The topological polar surface area (TPSA) is 114 Å². The van der Waals surface area contributed by atoms with Crippen LogP contribution in [0, 0.1) is 29.6 Å². The number of hydrogen-bond donors (Lipinski definition) is 1. The van der Waals surface area contributed by atoms with Crippen molar-refractivity contribution in [3.8, 4) is 12.1 Å². The van der Waals surface area contributed by atoms with E-state index in [-0.39, 0.29) is 42.1 Å². The minimum absolute atomic E-state index is 0.169. The zero-order chi connectivity index (χ0) is 23.9. The summed E-state index contributed by atoms with van der Waals surface area (Å²) in [7, 11) is -3.82. The fourth-order valence-corrected chi connectivity index (χ4v) is 4.44. The fourth-order valence-electron chi connectivity index (χ4n) is 3.11. The molecule has 0 aliphatic carbocycles. The van der Waals surface area contributed by atoms with Crippen LogP contribution in [0.25, 0.3) is 0 Å². The SMILES string of the molecule is Cc1ccc(C(C)(C)C)cc1S(=O)(=O)Nc1ccc(C(=O)N(CCC#N)CCC#N)cc1. The molecule has 32 heavy (non-hydrogen) atoms. The Bertz CT molecular complexity index is 1130. The zero-order valence-corrected chi connectivity index (χ0v) is 19.7. The minimum atomic E-state index is -3.82. The number of carbonyl (C=O) groups excluding carboxylic acids is 1. The summed E-state index contributed by atoms with van der Waals surface area (Å²) in [6, 6.07) is 15.5. The molecule has 2 aromatic rings. The number of nitrogens with one attached hydrogen (secondary N) is 1. The average molecular weight is 453 g/mol. The second-order valence-electron chi connectivity index (χ2n) is 8.52. The van der Waals surface area contributed by atoms with Gasteiger partial charge in [-0.25, -0.2) is 8.42 Å². The summed E-state index contributed by atoms with van der Waals surface area (Å²) in [5.41, 5.74) is 2.06. The molecule has 0 spiro atoms. The van der Waals surface area contributed by atoms with E-state index >= 15 is 0 Å². The minimum Gasteiger partial charge on any atom is -0.337 e. The molecule has 8 heteroatoms. The van der Waals surface area contributed by atoms with Crippen LogP contribution in [-0.4, -0.2) is 32.3 Å². The number of rotatable bonds is 8. The van der Waals surface area contributed by atoms with Crippen molar-refractivity contribution >= 4 is 21.6 Å². The third-order valence-electron chi connectivity index (χ3n) is 5.00. The van der Waals surface area contributed by atoms with Crippen molar-refractivity contribution in [1.29, 1.82) is 10.5 Å². The quantitative estimate of drug-likeness (QED) is 0.639. The van der Waals surface area contributed by atoms with Crippen LogP contribution in [0.4, 0.5) is 5.69 Å². The number of aryl methyl sites for hydroxylation is 1. The molecular weight excluding hydrogens is 424 g/mol. The van der Waals surface area contributed by atoms with Gasteiger partial charge in [-0.05, 0) is 53.8 Å². The summed E-state index contributed by atoms with van der Waals surface area (Å²) < 4.78 is 28.6. The largest absolute Gasteiger partial charge is 0.337 e. The maximum Gasteiger partial charge on any atom is 0.262 e. The van der Waals surface area contributed by atoms with Gasteiger partial charge < -0.3 is 4.90 Å². The van der Waals surface area contributed by atoms with Crippen molar-refractivity contribution in [1.82, 2.24) is 4.90 Å². The lowest BCUT2D eigenvalue weighted by Crippen LogP contribution is -2.32. The second kappa shape index (κ2) is 10.3. The molecule has 0 saturated heterocycles. The predicted molar refractivity (Wildman–Crippen MR) is 123 cm³/mol. The van der Waals surface area contributed by atoms with E-state index in [4.69, 9.17) is 10.5 Å². The van der Waals surface area contributed by atoms with Crippen molar-refractivity contribution in [2.75, 3.05) is 17.8 Å². The van der Waals surface area contributed by atoms with Gasteiger partial charge in [-0.3, -0.25) is 9.52 Å². The zero-order valence-electron chi connectivity index (χ0n) is 18.8. The maximum atomic E-state index is 13.0. The molecule has 0 radical (unpaired) electrons. The van der Waals surface area contributed by atoms with Crippen LogP contribution in [0.3, 0.4) is 0 Å². The maximum absolute atomic E-state index is 13.0. The molecule has 1 amide bonds. The van der Waals surface area contributed by atoms with E-state index in [0.717, 1.165) is 5.56 Å². The molecule has 2 aromatic carbocycles. The van der Waals surface area contributed by atoms with Gasteiger partial charge in [0.2, 0.25) is 0 Å². The van der Waals surface area contributed by atoms with E-state index in [1.54, 1.807) is 19.1 Å². The molecule has 0 saturated carbocycles. The molecule has 0 unspecified atom stereocenters. The Hall–Kier alpha value is -3.36. The molecule has 0 heterocycles. The molecular formula is C24H28N4O3S. The van der Waals surface area contributed by atoms with E-state index in [9.17, 15) is 13.2 Å². The van der Waals surface area contributed by atoms with Crippen LogP contribution in [0.2, 0.25) is 0 Å². The Labute approximate surface area is 190 Å². The lowest BCUT2D eigenvalue weighted by molar-refractivity contribution is 0.0762. The van der Waals surface area contributed by atoms with Crippen molar-refractivity contribution < 1.29 is 13.2 Å². The van der Waals surface area contributed by atoms with Crippen molar-refractivity contribution in [3.05, 3.63) is 59.2 Å². The third-order valence-corrected chi connectivity index (χ3v) is 6.53. The standard InChI is InChI=1S/C24H28N4O3S/c1-18-7-10-20(24(2,3)4)17-22(18)32(30,31)27-21-11-8-19(9-12-21)23(29)28(15-5-13-25)16-6-14-26/h7-12,17,27H,5-6,15-16H2,1-4H3. The van der Waals surface area contributed by atoms with Gasteiger partial charge in [-0.1, -0.05) is 32.9 Å². The first kappa shape index (κ1) is 24.9. The van der Waals surface area contributed by atoms with Gasteiger partial charge in [-0.2, -0.15) is 10.5 Å². The van der Waals surface area contributed by atoms with Crippen molar-refractivity contribution in [3.63, 3.8) is 0 Å². The van der Waals surface area contributed by atoms with Crippen LogP contribution in [-0.2, 0) is 15.4 Å². The number of anilines is 1. The first-order valence-corrected chi connectivity index (χ1v) is 11.7. The van der Waals surface area contributed by atoms with Crippen LogP contribution in [0.1, 0.15) is 55.1 Å². The number of sulfonamides is 1. The molecule has 0 bridgehead atoms. The van der Waals surface area contributed by atoms with Crippen LogP contribution in [0.15, 0.2) is 47.4 Å². The summed E-state index contributed by atoms with van der Waals surface area (Å²) in [6.07, 6.45) is 0.337. The summed E-state index contributed by atoms with van der Waals surface area (Å²) in [5.74, 6) is -0.307. The Morgan fingerprint density at radius 1 is 1.00 bits per heavy atom. The van der Waals surface area contributed by atoms with Crippen molar-refractivity contribution in [2.45, 2.75) is 50.8 Å². The van der Waals surface area contributed by atoms with Gasteiger partial charge in [-0.15, -0.1) is 0 Å². The highest BCUT2D eigenvalue weighted by Crippen LogP contribution is 2.28. The molecule has 0 aliphatic heterocycles. The van der Waals surface area contributed by atoms with Gasteiger partial charge in [0.25, 0.3) is 15.9 Å². The van der Waals surface area contributed by atoms with Gasteiger partial charge in [0.1, 0.15) is 0 Å². The van der Waals surface area contributed by atoms with Gasteiger partial charge >= 0.3 is 0 Å². The normalized spacial score (nSPS) is 11.3. The Kier molecular flexibility index (Phi) is 8.02. The lowest BCUT2D eigenvalue weighted by atomic mass is 9.87. The van der Waals surface area contributed by atoms with Crippen LogP contribution in [0.5, 0.6) is 0 Å². The summed E-state index contributed by atoms with van der Waals surface area (Å²) in [5, 5.41) is 17.6. The van der Waals surface area contributed by atoms with Gasteiger partial charge in [0.05, 0.1) is 29.9 Å². The summed E-state index contributed by atoms with van der Waals surface area (Å²) >= 11 is 0. The summed E-state index contributed by atoms with van der Waals surface area (Å²) in [4.78, 5) is 14.4. The first-order valence-electron chi connectivity index (χ1n) is 10.3. The van der Waals surface area contributed by atoms with Crippen molar-refractivity contribution in [2.24, 2.45) is 0 Å². The van der Waals surface area contributed by atoms with Gasteiger partial charge in [0.15, 0.2) is 0 Å². The highest BCUT2D eigenvalue weighted by Gasteiger charge is 2.22. The van der Waals surface area contributed by atoms with Gasteiger partial charge in [0, 0.05) is 24.3 Å². The highest BCUT2D eigenvalue weighted by molar-refractivity contribution is 7.92. The Morgan fingerprint density at radius 2 is 1.56 bits per heavy atom. The average Bonchev–Trinajstić information content (AvgIpc) is 2.73. The predicted octanol–water partition coefficient (Wildman–Crippen LogP) is 4.36. The molecule has 2 rings (SSSR count). The number of benzene rings is 2. The van der Waals surface area contributed by atoms with Crippen LogP contribution < -0.4 is 4.72 Å². The Balaban J connectivity index is 2.24.